The molecule has 0 saturated heterocycles. The number of nitrogens with one attached hydrogen (secondary N) is 3. The Balaban J connectivity index is 1.54. The summed E-state index contributed by atoms with van der Waals surface area (Å²) in [5.74, 6) is 0.134. The van der Waals surface area contributed by atoms with Gasteiger partial charge in [0.2, 0.25) is 5.96 Å². The van der Waals surface area contributed by atoms with E-state index in [4.69, 9.17) is 11.6 Å². The fourth-order valence-corrected chi connectivity index (χ4v) is 3.92. The number of benzene rings is 3. The molecular weight excluding hydrogens is 420 g/mol. The molecule has 5 nitrogen and oxygen atoms in total. The molecule has 0 saturated carbocycles. The number of para-hydroxylation sites is 1. The highest BCUT2D eigenvalue weighted by molar-refractivity contribution is 6.31. The first-order valence-corrected chi connectivity index (χ1v) is 10.9. The molecule has 162 valence electrons. The Morgan fingerprint density at radius 2 is 1.78 bits per heavy atom. The number of nitrogens with zero attached hydrogens (tertiary/aromatic N) is 1. The molecule has 1 heterocycles. The molecule has 0 atom stereocenters. The Bertz CT molecular complexity index is 1270. The summed E-state index contributed by atoms with van der Waals surface area (Å²) in [6, 6.07) is 21.2. The number of halogens is 1. The zero-order valence-electron chi connectivity index (χ0n) is 18.1. The summed E-state index contributed by atoms with van der Waals surface area (Å²) in [6.45, 7) is 4.60. The molecule has 1 amide bonds. The van der Waals surface area contributed by atoms with Crippen molar-refractivity contribution < 1.29 is 4.79 Å². The van der Waals surface area contributed by atoms with E-state index in [2.05, 4.69) is 38.8 Å². The second kappa shape index (κ2) is 9.71. The first-order chi connectivity index (χ1) is 15.5. The van der Waals surface area contributed by atoms with Crippen LogP contribution in [0.3, 0.4) is 0 Å². The van der Waals surface area contributed by atoms with E-state index in [1.54, 1.807) is 24.3 Å². The molecule has 0 unspecified atom stereocenters. The van der Waals surface area contributed by atoms with Gasteiger partial charge in [-0.25, -0.2) is 0 Å². The molecule has 0 bridgehead atoms. The van der Waals surface area contributed by atoms with Gasteiger partial charge in [-0.1, -0.05) is 41.9 Å². The number of hydrogen-bond acceptors (Lipinski definition) is 2. The number of rotatable bonds is 5. The van der Waals surface area contributed by atoms with E-state index >= 15 is 0 Å². The molecule has 3 N–H and O–H groups in total. The molecule has 0 radical (unpaired) electrons. The highest BCUT2D eigenvalue weighted by atomic mass is 35.5. The first-order valence-electron chi connectivity index (χ1n) is 10.5. The van der Waals surface area contributed by atoms with E-state index in [0.717, 1.165) is 28.8 Å². The van der Waals surface area contributed by atoms with Gasteiger partial charge in [0.25, 0.3) is 5.91 Å². The zero-order chi connectivity index (χ0) is 22.5. The van der Waals surface area contributed by atoms with Crippen LogP contribution in [0.2, 0.25) is 5.02 Å². The number of carbonyl (C=O) groups is 1. The largest absolute Gasteiger partial charge is 0.361 e. The second-order valence-electron chi connectivity index (χ2n) is 7.81. The van der Waals surface area contributed by atoms with E-state index in [9.17, 15) is 4.79 Å². The fraction of sp³-hybridized carbons (Fsp3) is 0.154. The maximum absolute atomic E-state index is 12.8. The van der Waals surface area contributed by atoms with Gasteiger partial charge < -0.3 is 10.3 Å². The number of aromatic amines is 1. The van der Waals surface area contributed by atoms with Gasteiger partial charge in [-0.2, -0.15) is 0 Å². The molecule has 4 aromatic rings. The van der Waals surface area contributed by atoms with Crippen LogP contribution in [-0.4, -0.2) is 23.4 Å². The highest BCUT2D eigenvalue weighted by Crippen LogP contribution is 2.18. The van der Waals surface area contributed by atoms with Gasteiger partial charge >= 0.3 is 0 Å². The number of hydrogen-bond donors (Lipinski definition) is 3. The minimum atomic E-state index is -0.268. The lowest BCUT2D eigenvalue weighted by Gasteiger charge is -2.13. The number of anilines is 1. The summed E-state index contributed by atoms with van der Waals surface area (Å²) in [6.07, 6.45) is 2.76. The van der Waals surface area contributed by atoms with Crippen molar-refractivity contribution in [1.82, 2.24) is 10.3 Å². The molecule has 0 aliphatic carbocycles. The molecule has 32 heavy (non-hydrogen) atoms. The molecule has 1 aromatic heterocycles. The van der Waals surface area contributed by atoms with Gasteiger partial charge in [-0.3, -0.25) is 15.1 Å². The van der Waals surface area contributed by atoms with Crippen LogP contribution < -0.4 is 10.6 Å². The minimum Gasteiger partial charge on any atom is -0.361 e. The van der Waals surface area contributed by atoms with Gasteiger partial charge in [-0.05, 0) is 73.4 Å². The zero-order valence-corrected chi connectivity index (χ0v) is 18.8. The van der Waals surface area contributed by atoms with Crippen LogP contribution >= 0.6 is 11.6 Å². The van der Waals surface area contributed by atoms with Crippen LogP contribution in [0, 0.1) is 13.8 Å². The van der Waals surface area contributed by atoms with Crippen molar-refractivity contribution in [3.63, 3.8) is 0 Å². The summed E-state index contributed by atoms with van der Waals surface area (Å²) < 4.78 is 0. The van der Waals surface area contributed by atoms with E-state index in [0.29, 0.717) is 23.1 Å². The van der Waals surface area contributed by atoms with E-state index < -0.39 is 0 Å². The maximum atomic E-state index is 12.8. The lowest BCUT2D eigenvalue weighted by Crippen LogP contribution is -2.36. The molecule has 0 aliphatic heterocycles. The number of fused-ring (bicyclic) bond motifs is 1. The van der Waals surface area contributed by atoms with Gasteiger partial charge in [0.1, 0.15) is 0 Å². The average Bonchev–Trinajstić information content (AvgIpc) is 3.16. The van der Waals surface area contributed by atoms with Crippen LogP contribution in [-0.2, 0) is 6.42 Å². The Morgan fingerprint density at radius 1 is 1.00 bits per heavy atom. The van der Waals surface area contributed by atoms with Crippen LogP contribution in [0.5, 0.6) is 0 Å². The van der Waals surface area contributed by atoms with Crippen molar-refractivity contribution in [3.8, 4) is 0 Å². The van der Waals surface area contributed by atoms with Crippen LogP contribution in [0.15, 0.2) is 77.9 Å². The monoisotopic (exact) mass is 444 g/mol. The van der Waals surface area contributed by atoms with E-state index in [-0.39, 0.29) is 5.91 Å². The SMILES string of the molecule is Cc1cc(C)cc(NC(=NCCc2c[nH]c3ccccc23)NC(=O)c2cccc(Cl)c2)c1. The molecular formula is C26H25ClN4O. The second-order valence-corrected chi connectivity index (χ2v) is 8.24. The Labute approximate surface area is 192 Å². The third-order valence-corrected chi connectivity index (χ3v) is 5.36. The minimum absolute atomic E-state index is 0.268. The van der Waals surface area contributed by atoms with Crippen molar-refractivity contribution in [2.75, 3.05) is 11.9 Å². The van der Waals surface area contributed by atoms with E-state index in [1.807, 2.05) is 44.3 Å². The summed E-state index contributed by atoms with van der Waals surface area (Å²) in [7, 11) is 0. The number of amides is 1. The van der Waals surface area contributed by atoms with Crippen LogP contribution in [0.25, 0.3) is 10.9 Å². The summed E-state index contributed by atoms with van der Waals surface area (Å²) in [5.41, 5.74) is 5.91. The highest BCUT2D eigenvalue weighted by Gasteiger charge is 2.11. The van der Waals surface area contributed by atoms with Crippen molar-refractivity contribution >= 4 is 40.1 Å². The normalized spacial score (nSPS) is 11.5. The third-order valence-electron chi connectivity index (χ3n) is 5.13. The summed E-state index contributed by atoms with van der Waals surface area (Å²) in [5, 5.41) is 7.87. The first kappa shape index (κ1) is 21.7. The van der Waals surface area contributed by atoms with Gasteiger partial charge in [0, 0.05) is 39.9 Å². The number of H-pyrrole nitrogens is 1. The topological polar surface area (TPSA) is 69.3 Å². The molecule has 0 spiro atoms. The number of carbonyl (C=O) groups excluding carboxylic acids is 1. The Morgan fingerprint density at radius 3 is 2.56 bits per heavy atom. The average molecular weight is 445 g/mol. The van der Waals surface area contributed by atoms with Crippen molar-refractivity contribution in [2.24, 2.45) is 4.99 Å². The van der Waals surface area contributed by atoms with Gasteiger partial charge in [-0.15, -0.1) is 0 Å². The number of aromatic nitrogens is 1. The predicted molar refractivity (Wildman–Crippen MR) is 133 cm³/mol. The Hall–Kier alpha value is -3.57. The summed E-state index contributed by atoms with van der Waals surface area (Å²) >= 11 is 6.05. The predicted octanol–water partition coefficient (Wildman–Crippen LogP) is 5.88. The van der Waals surface area contributed by atoms with Crippen molar-refractivity contribution in [3.05, 3.63) is 100 Å². The van der Waals surface area contributed by atoms with E-state index in [1.165, 1.54) is 10.9 Å². The number of aliphatic imine (C=N–C) groups is 1. The molecule has 4 rings (SSSR count). The van der Waals surface area contributed by atoms with Crippen LogP contribution in [0.1, 0.15) is 27.0 Å². The number of aryl methyl sites for hydroxylation is 2. The fourth-order valence-electron chi connectivity index (χ4n) is 3.73. The van der Waals surface area contributed by atoms with Gasteiger partial charge in [0.05, 0.1) is 0 Å². The smallest absolute Gasteiger partial charge is 0.258 e. The molecule has 0 fully saturated rings. The third kappa shape index (κ3) is 5.37. The van der Waals surface area contributed by atoms with Crippen molar-refractivity contribution in [2.45, 2.75) is 20.3 Å². The molecule has 0 aliphatic rings. The Kier molecular flexibility index (Phi) is 6.57. The summed E-state index contributed by atoms with van der Waals surface area (Å²) in [4.78, 5) is 20.8. The van der Waals surface area contributed by atoms with Crippen molar-refractivity contribution in [1.29, 1.82) is 0 Å². The molecule has 3 aromatic carbocycles. The number of guanidine groups is 1. The molecule has 6 heteroatoms. The van der Waals surface area contributed by atoms with Crippen LogP contribution in [0.4, 0.5) is 5.69 Å². The lowest BCUT2D eigenvalue weighted by molar-refractivity contribution is 0.0977. The van der Waals surface area contributed by atoms with Gasteiger partial charge in [0.15, 0.2) is 0 Å². The maximum Gasteiger partial charge on any atom is 0.258 e. The standard InChI is InChI=1S/C26H25ClN4O/c1-17-12-18(2)14-22(13-17)30-26(31-25(32)19-6-5-7-21(27)15-19)28-11-10-20-16-29-24-9-4-3-8-23(20)24/h3-9,12-16,29H,10-11H2,1-2H3,(H2,28,30,31,32). The lowest BCUT2D eigenvalue weighted by atomic mass is 10.1. The quantitative estimate of drug-likeness (QED) is 0.266.